The van der Waals surface area contributed by atoms with E-state index in [0.29, 0.717) is 0 Å². The minimum absolute atomic E-state index is 0. The molecule has 0 aromatic carbocycles. The van der Waals surface area contributed by atoms with Gasteiger partial charge in [-0.05, 0) is 19.6 Å². The molecule has 0 rings (SSSR count). The topological polar surface area (TPSA) is 108 Å². The van der Waals surface area contributed by atoms with Crippen molar-refractivity contribution in [1.82, 2.24) is 4.90 Å². The first-order valence-electron chi connectivity index (χ1n) is 4.56. The molecule has 6 nitrogen and oxygen atoms in total. The molecule has 0 aliphatic rings. The molecule has 0 heterocycles. The van der Waals surface area contributed by atoms with Crippen LogP contribution in [0.25, 0.3) is 0 Å². The van der Waals surface area contributed by atoms with E-state index in [9.17, 15) is 0 Å². The average Bonchev–Trinajstić information content (AvgIpc) is 2.06. The summed E-state index contributed by atoms with van der Waals surface area (Å²) < 4.78 is 8.77. The molecule has 0 fully saturated rings. The minimum Gasteiger partial charge on any atom is -0.756 e. The van der Waals surface area contributed by atoms with Gasteiger partial charge in [-0.3, -0.25) is 4.57 Å². The van der Waals surface area contributed by atoms with E-state index in [1.165, 1.54) is 26.6 Å². The summed E-state index contributed by atoms with van der Waals surface area (Å²) in [6.45, 7) is 11.6. The molecule has 0 amide bonds. The van der Waals surface area contributed by atoms with Gasteiger partial charge in [0.2, 0.25) is 0 Å². The van der Waals surface area contributed by atoms with E-state index >= 15 is 0 Å². The standard InChI is InChI=1S/C6H15N.C2H3N.K.H3O4P/c1-4-7(5-2)6-3;1-2-3;;1-5(2,3)4/h4-6H2,1-3H3;1H3;;(H3,1,2,3,4)/q;;+1;/p-1. The van der Waals surface area contributed by atoms with Crippen molar-refractivity contribution in [3.05, 3.63) is 0 Å². The minimum atomic E-state index is -4.89. The van der Waals surface area contributed by atoms with Gasteiger partial charge in [-0.25, -0.2) is 0 Å². The third-order valence-electron chi connectivity index (χ3n) is 1.34. The van der Waals surface area contributed by atoms with E-state index < -0.39 is 7.82 Å². The summed E-state index contributed by atoms with van der Waals surface area (Å²) in [6, 6.07) is 1.75. The van der Waals surface area contributed by atoms with Crippen molar-refractivity contribution in [3.63, 3.8) is 0 Å². The van der Waals surface area contributed by atoms with Crippen molar-refractivity contribution < 1.29 is 70.6 Å². The molecule has 0 bridgehead atoms. The van der Waals surface area contributed by atoms with Crippen LogP contribution >= 0.6 is 7.82 Å². The second-order valence-corrected chi connectivity index (χ2v) is 3.31. The smallest absolute Gasteiger partial charge is 0.756 e. The average molecular weight is 278 g/mol. The van der Waals surface area contributed by atoms with E-state index in [1.807, 2.05) is 0 Å². The van der Waals surface area contributed by atoms with Crippen molar-refractivity contribution in [2.24, 2.45) is 0 Å². The van der Waals surface area contributed by atoms with Gasteiger partial charge in [-0.2, -0.15) is 5.26 Å². The van der Waals surface area contributed by atoms with Crippen LogP contribution in [-0.4, -0.2) is 34.3 Å². The summed E-state index contributed by atoms with van der Waals surface area (Å²) in [5, 5.41) is 7.32. The van der Waals surface area contributed by atoms with E-state index in [-0.39, 0.29) is 51.4 Å². The predicted octanol–water partition coefficient (Wildman–Crippen LogP) is -2.68. The van der Waals surface area contributed by atoms with Gasteiger partial charge in [0.1, 0.15) is 0 Å². The van der Waals surface area contributed by atoms with Crippen LogP contribution in [0.1, 0.15) is 27.7 Å². The Hall–Kier alpha value is 1.20. The molecular formula is C8H20KN2O4P. The first-order valence-corrected chi connectivity index (χ1v) is 6.09. The van der Waals surface area contributed by atoms with E-state index in [1.54, 1.807) is 6.07 Å². The quantitative estimate of drug-likeness (QED) is 0.430. The van der Waals surface area contributed by atoms with Crippen LogP contribution in [0.3, 0.4) is 0 Å². The second kappa shape index (κ2) is 18.6. The van der Waals surface area contributed by atoms with Gasteiger partial charge in [0.05, 0.1) is 6.07 Å². The van der Waals surface area contributed by atoms with E-state index in [2.05, 4.69) is 25.7 Å². The van der Waals surface area contributed by atoms with Crippen molar-refractivity contribution in [2.75, 3.05) is 19.6 Å². The predicted molar refractivity (Wildman–Crippen MR) is 56.8 cm³/mol. The van der Waals surface area contributed by atoms with Gasteiger partial charge in [0, 0.05) is 6.92 Å². The number of hydrogen-bond acceptors (Lipinski definition) is 4. The molecule has 0 saturated carbocycles. The van der Waals surface area contributed by atoms with Crippen molar-refractivity contribution in [1.29, 1.82) is 5.26 Å². The zero-order valence-electron chi connectivity index (χ0n) is 10.7. The third kappa shape index (κ3) is 59.1. The number of nitrogens with zero attached hydrogens (tertiary/aromatic N) is 2. The number of rotatable bonds is 3. The van der Waals surface area contributed by atoms with Gasteiger partial charge in [-0.15, -0.1) is 0 Å². The fourth-order valence-corrected chi connectivity index (χ4v) is 0.671. The van der Waals surface area contributed by atoms with Gasteiger partial charge in [0.15, 0.2) is 0 Å². The summed E-state index contributed by atoms with van der Waals surface area (Å²) in [7, 11) is -4.89. The Balaban J connectivity index is -0.0000000710. The largest absolute Gasteiger partial charge is 1.00 e. The molecule has 8 heteroatoms. The van der Waals surface area contributed by atoms with Crippen LogP contribution in [0.2, 0.25) is 0 Å². The van der Waals surface area contributed by atoms with Crippen LogP contribution in [0, 0.1) is 11.3 Å². The molecule has 16 heavy (non-hydrogen) atoms. The van der Waals surface area contributed by atoms with Crippen LogP contribution < -0.4 is 56.3 Å². The van der Waals surface area contributed by atoms with Gasteiger partial charge >= 0.3 is 51.4 Å². The van der Waals surface area contributed by atoms with Gasteiger partial charge < -0.3 is 19.6 Å². The zero-order chi connectivity index (χ0) is 12.9. The van der Waals surface area contributed by atoms with Crippen LogP contribution in [-0.2, 0) is 4.57 Å². The molecule has 92 valence electrons. The maximum atomic E-state index is 8.77. The summed E-state index contributed by atoms with van der Waals surface area (Å²) in [4.78, 5) is 25.3. The van der Waals surface area contributed by atoms with Crippen molar-refractivity contribution in [2.45, 2.75) is 27.7 Å². The molecule has 0 atom stereocenters. The molecular weight excluding hydrogens is 258 g/mol. The Morgan fingerprint density at radius 3 is 1.38 bits per heavy atom. The molecule has 0 aliphatic carbocycles. The Bertz CT molecular complexity index is 187. The summed E-state index contributed by atoms with van der Waals surface area (Å²) in [6.07, 6.45) is 0. The Labute approximate surface area is 140 Å². The second-order valence-electron chi connectivity index (χ2n) is 2.33. The van der Waals surface area contributed by atoms with Crippen molar-refractivity contribution >= 4 is 7.82 Å². The van der Waals surface area contributed by atoms with Crippen LogP contribution in [0.5, 0.6) is 0 Å². The van der Waals surface area contributed by atoms with Gasteiger partial charge in [-0.1, -0.05) is 20.8 Å². The molecule has 0 aromatic heterocycles. The summed E-state index contributed by atoms with van der Waals surface area (Å²) >= 11 is 0. The molecule has 0 radical (unpaired) electrons. The molecule has 0 aromatic rings. The third-order valence-corrected chi connectivity index (χ3v) is 1.34. The molecule has 0 unspecified atom stereocenters. The fourth-order valence-electron chi connectivity index (χ4n) is 0.671. The molecule has 0 saturated heterocycles. The zero-order valence-corrected chi connectivity index (χ0v) is 14.7. The van der Waals surface area contributed by atoms with Crippen LogP contribution in [0.4, 0.5) is 0 Å². The monoisotopic (exact) mass is 278 g/mol. The Morgan fingerprint density at radius 2 is 1.38 bits per heavy atom. The SMILES string of the molecule is CC#N.CCN(CC)CC.O=P([O-])(O)O.[K+]. The first kappa shape index (κ1) is 25.9. The number of hydrogen-bond donors (Lipinski definition) is 2. The number of nitriles is 1. The Morgan fingerprint density at radius 1 is 1.25 bits per heavy atom. The normalized spacial score (nSPS) is 8.69. The van der Waals surface area contributed by atoms with Crippen LogP contribution in [0.15, 0.2) is 0 Å². The van der Waals surface area contributed by atoms with E-state index in [4.69, 9.17) is 24.5 Å². The first-order chi connectivity index (χ1) is 6.76. The van der Waals surface area contributed by atoms with Crippen molar-refractivity contribution in [3.8, 4) is 6.07 Å². The summed E-state index contributed by atoms with van der Waals surface area (Å²) in [5.41, 5.74) is 0. The van der Waals surface area contributed by atoms with Gasteiger partial charge in [0.25, 0.3) is 7.82 Å². The number of phosphoric acid groups is 1. The Kier molecular flexibility index (Phi) is 30.0. The van der Waals surface area contributed by atoms with E-state index in [0.717, 1.165) is 0 Å². The maximum absolute atomic E-state index is 8.77. The molecule has 0 spiro atoms. The fraction of sp³-hybridized carbons (Fsp3) is 0.875. The molecule has 2 N–H and O–H groups in total. The maximum Gasteiger partial charge on any atom is 1.00 e. The summed E-state index contributed by atoms with van der Waals surface area (Å²) in [5.74, 6) is 0. The molecule has 0 aliphatic heterocycles.